The first-order chi connectivity index (χ1) is 5.15. The lowest BCUT2D eigenvalue weighted by atomic mass is 11.4. The van der Waals surface area contributed by atoms with Gasteiger partial charge in [0, 0.05) is 11.6 Å². The van der Waals surface area contributed by atoms with Gasteiger partial charge in [0.2, 0.25) is 0 Å². The van der Waals surface area contributed by atoms with Gasteiger partial charge in [-0.1, -0.05) is 0 Å². The molecule has 3 nitrogen and oxygen atoms in total. The third-order valence-electron chi connectivity index (χ3n) is 0.196. The second-order valence-corrected chi connectivity index (χ2v) is 4.38. The standard InChI is InChI=1S/C2Cl4O2.CCl2O/c3-1(7)8-2(4,5)6;2-1(3)4. The summed E-state index contributed by atoms with van der Waals surface area (Å²) >= 11 is 28.2. The molecule has 0 aromatic rings. The molecule has 12 heavy (non-hydrogen) atoms. The van der Waals surface area contributed by atoms with Gasteiger partial charge in [-0.05, 0) is 58.0 Å². The number of ether oxygens (including phenoxy) is 1. The number of carbonyl (C=O) groups is 2. The summed E-state index contributed by atoms with van der Waals surface area (Å²) in [6.07, 6.45) is 0. The van der Waals surface area contributed by atoms with Crippen LogP contribution in [0.2, 0.25) is 0 Å². The molecule has 0 saturated heterocycles. The van der Waals surface area contributed by atoms with Crippen LogP contribution in [0, 0.1) is 0 Å². The second-order valence-electron chi connectivity index (χ2n) is 1.01. The van der Waals surface area contributed by atoms with Crippen LogP contribution >= 0.6 is 69.6 Å². The molecular weight excluding hydrogens is 297 g/mol. The van der Waals surface area contributed by atoms with Gasteiger partial charge < -0.3 is 4.74 Å². The van der Waals surface area contributed by atoms with Crippen LogP contribution in [0.3, 0.4) is 0 Å². The molecule has 0 aromatic carbocycles. The van der Waals surface area contributed by atoms with Gasteiger partial charge in [-0.2, -0.15) is 0 Å². The molecule has 0 heterocycles. The molecule has 0 N–H and O–H groups in total. The molecule has 0 aliphatic rings. The van der Waals surface area contributed by atoms with Crippen LogP contribution in [0.1, 0.15) is 0 Å². The van der Waals surface area contributed by atoms with E-state index in [9.17, 15) is 4.79 Å². The Kier molecular flexibility index (Phi) is 9.34. The molecular formula is C3Cl6O3. The number of alkyl halides is 3. The largest absolute Gasteiger partial charge is 0.407 e. The smallest absolute Gasteiger partial charge is 0.402 e. The lowest BCUT2D eigenvalue weighted by molar-refractivity contribution is 0.172. The topological polar surface area (TPSA) is 43.4 Å². The Labute approximate surface area is 97.7 Å². The third-order valence-corrected chi connectivity index (χ3v) is 0.505. The summed E-state index contributed by atoms with van der Waals surface area (Å²) in [4.78, 5) is 18.7. The number of rotatable bonds is 0. The summed E-state index contributed by atoms with van der Waals surface area (Å²) in [5, 5.41) is 0. The first kappa shape index (κ1) is 15.4. The minimum atomic E-state index is -2.04. The predicted molar refractivity (Wildman–Crippen MR) is 49.7 cm³/mol. The fraction of sp³-hybridized carbons (Fsp3) is 0.333. The van der Waals surface area contributed by atoms with Gasteiger partial charge in [0.25, 0.3) is 0 Å². The maximum absolute atomic E-state index is 9.75. The van der Waals surface area contributed by atoms with E-state index in [0.717, 1.165) is 0 Å². The lowest BCUT2D eigenvalue weighted by Crippen LogP contribution is -2.09. The Morgan fingerprint density at radius 2 is 1.25 bits per heavy atom. The summed E-state index contributed by atoms with van der Waals surface area (Å²) in [5.41, 5.74) is -1.15. The summed E-state index contributed by atoms with van der Waals surface area (Å²) < 4.78 is 0.929. The fourth-order valence-corrected chi connectivity index (χ4v) is 0.535. The van der Waals surface area contributed by atoms with Crippen molar-refractivity contribution in [3.8, 4) is 0 Å². The van der Waals surface area contributed by atoms with Crippen LogP contribution in [0.5, 0.6) is 0 Å². The average Bonchev–Trinajstić information content (AvgIpc) is 1.52. The van der Waals surface area contributed by atoms with E-state index in [1.54, 1.807) is 0 Å². The van der Waals surface area contributed by atoms with Crippen molar-refractivity contribution in [2.45, 2.75) is 3.98 Å². The predicted octanol–water partition coefficient (Wildman–Crippen LogP) is 4.27. The van der Waals surface area contributed by atoms with Gasteiger partial charge in [-0.3, -0.25) is 4.79 Å². The van der Waals surface area contributed by atoms with Gasteiger partial charge in [0.15, 0.2) is 0 Å². The van der Waals surface area contributed by atoms with Gasteiger partial charge in [0.05, 0.1) is 0 Å². The van der Waals surface area contributed by atoms with E-state index < -0.39 is 14.1 Å². The molecule has 72 valence electrons. The minimum Gasteiger partial charge on any atom is -0.402 e. The molecule has 9 heteroatoms. The van der Waals surface area contributed by atoms with E-state index in [-0.39, 0.29) is 0 Å². The summed E-state index contributed by atoms with van der Waals surface area (Å²) in [6.45, 7) is 0. The molecule has 0 aliphatic carbocycles. The highest BCUT2D eigenvalue weighted by molar-refractivity contribution is 6.93. The maximum Gasteiger partial charge on any atom is 0.407 e. The second kappa shape index (κ2) is 7.30. The van der Waals surface area contributed by atoms with Crippen LogP contribution in [0.4, 0.5) is 9.59 Å². The summed E-state index contributed by atoms with van der Waals surface area (Å²) in [7, 11) is 0. The Bertz CT molecular complexity index is 158. The number of hydrogen-bond acceptors (Lipinski definition) is 3. The highest BCUT2D eigenvalue weighted by Gasteiger charge is 2.23. The van der Waals surface area contributed by atoms with E-state index in [1.807, 2.05) is 0 Å². The normalized spacial score (nSPS) is 9.50. The van der Waals surface area contributed by atoms with Gasteiger partial charge in [-0.15, -0.1) is 0 Å². The zero-order valence-corrected chi connectivity index (χ0v) is 9.53. The quantitative estimate of drug-likeness (QED) is 0.495. The van der Waals surface area contributed by atoms with Crippen molar-refractivity contribution in [1.82, 2.24) is 0 Å². The SMILES string of the molecule is O=C(Cl)Cl.O=C(Cl)OC(Cl)(Cl)Cl. The van der Waals surface area contributed by atoms with Crippen LogP contribution in [-0.2, 0) is 4.74 Å². The molecule has 0 saturated carbocycles. The molecule has 0 rings (SSSR count). The maximum atomic E-state index is 9.75. The first-order valence-electron chi connectivity index (χ1n) is 1.95. The van der Waals surface area contributed by atoms with E-state index in [4.69, 9.17) is 39.6 Å². The molecule has 0 radical (unpaired) electrons. The van der Waals surface area contributed by atoms with Crippen molar-refractivity contribution in [2.75, 3.05) is 0 Å². The molecule has 0 atom stereocenters. The molecule has 0 aromatic heterocycles. The van der Waals surface area contributed by atoms with Crippen LogP contribution in [0.15, 0.2) is 0 Å². The zero-order chi connectivity index (χ0) is 10.4. The molecule has 0 spiro atoms. The summed E-state index contributed by atoms with van der Waals surface area (Å²) in [5.74, 6) is 0. The highest BCUT2D eigenvalue weighted by atomic mass is 35.6. The van der Waals surface area contributed by atoms with Crippen molar-refractivity contribution in [3.63, 3.8) is 0 Å². The number of carbonyl (C=O) groups excluding carboxylic acids is 2. The Balaban J connectivity index is 0. The fourth-order valence-electron chi connectivity index (χ4n) is 0.0910. The van der Waals surface area contributed by atoms with E-state index >= 15 is 0 Å². The highest BCUT2D eigenvalue weighted by Crippen LogP contribution is 2.27. The Morgan fingerprint density at radius 3 is 1.25 bits per heavy atom. The van der Waals surface area contributed by atoms with E-state index in [1.165, 1.54) is 0 Å². The first-order valence-corrected chi connectivity index (χ1v) is 4.22. The van der Waals surface area contributed by atoms with Crippen molar-refractivity contribution in [2.24, 2.45) is 0 Å². The van der Waals surface area contributed by atoms with Crippen molar-refractivity contribution < 1.29 is 14.3 Å². The third kappa shape index (κ3) is 30.7. The monoisotopic (exact) mass is 294 g/mol. The van der Waals surface area contributed by atoms with E-state index in [0.29, 0.717) is 0 Å². The molecule has 0 fully saturated rings. The molecule has 0 amide bonds. The van der Waals surface area contributed by atoms with Crippen molar-refractivity contribution in [3.05, 3.63) is 0 Å². The number of halogens is 6. The van der Waals surface area contributed by atoms with Crippen LogP contribution < -0.4 is 0 Å². The van der Waals surface area contributed by atoms with E-state index in [2.05, 4.69) is 39.5 Å². The number of hydrogen-bond donors (Lipinski definition) is 0. The summed E-state index contributed by atoms with van der Waals surface area (Å²) in [6, 6.07) is 0. The van der Waals surface area contributed by atoms with Crippen LogP contribution in [-0.4, -0.2) is 14.1 Å². The Morgan fingerprint density at radius 1 is 1.00 bits per heavy atom. The zero-order valence-electron chi connectivity index (χ0n) is 4.99. The van der Waals surface area contributed by atoms with Crippen molar-refractivity contribution in [1.29, 1.82) is 0 Å². The van der Waals surface area contributed by atoms with Gasteiger partial charge in [-0.25, -0.2) is 4.79 Å². The minimum absolute atomic E-state index is 0.889. The van der Waals surface area contributed by atoms with Crippen molar-refractivity contribution >= 4 is 79.7 Å². The van der Waals surface area contributed by atoms with Gasteiger partial charge in [0.1, 0.15) is 0 Å². The lowest BCUT2D eigenvalue weighted by Gasteiger charge is -2.06. The van der Waals surface area contributed by atoms with Crippen LogP contribution in [0.25, 0.3) is 0 Å². The van der Waals surface area contributed by atoms with Gasteiger partial charge >= 0.3 is 14.1 Å². The average molecular weight is 297 g/mol. The molecule has 0 aliphatic heterocycles. The Hall–Kier alpha value is 0.880. The molecule has 0 unspecified atom stereocenters. The molecule has 0 bridgehead atoms.